The van der Waals surface area contributed by atoms with Crippen LogP contribution in [0, 0.1) is 5.82 Å². The third-order valence-corrected chi connectivity index (χ3v) is 2.85. The smallest absolute Gasteiger partial charge is 0.137 e. The van der Waals surface area contributed by atoms with Gasteiger partial charge in [-0.1, -0.05) is 0 Å². The molecule has 0 amide bonds. The number of hydrogen-bond donors (Lipinski definition) is 1. The topological polar surface area (TPSA) is 13.7 Å². The van der Waals surface area contributed by atoms with Gasteiger partial charge in [-0.3, -0.25) is 0 Å². The van der Waals surface area contributed by atoms with Gasteiger partial charge in [0.25, 0.3) is 0 Å². The highest BCUT2D eigenvalue weighted by Crippen LogP contribution is 2.10. The summed E-state index contributed by atoms with van der Waals surface area (Å²) in [7, 11) is 0. The molecule has 1 heterocycles. The molecule has 1 aromatic carbocycles. The molecule has 3 heteroatoms. The van der Waals surface area contributed by atoms with Gasteiger partial charge in [0.05, 0.1) is 13.1 Å². The fraction of sp³-hybridized carbons (Fsp3) is 0.500. The van der Waals surface area contributed by atoms with Gasteiger partial charge in [0.15, 0.2) is 0 Å². The zero-order valence-corrected chi connectivity index (χ0v) is 8.84. The largest absolute Gasteiger partial charge is 0.488 e. The van der Waals surface area contributed by atoms with Gasteiger partial charge < -0.3 is 9.64 Å². The van der Waals surface area contributed by atoms with Gasteiger partial charge >= 0.3 is 0 Å². The maximum atomic E-state index is 12.6. The van der Waals surface area contributed by atoms with E-state index in [1.54, 1.807) is 17.0 Å². The third-order valence-electron chi connectivity index (χ3n) is 2.85. The molecule has 2 nitrogen and oxygen atoms in total. The molecule has 0 radical (unpaired) electrons. The van der Waals surface area contributed by atoms with Gasteiger partial charge in [-0.15, -0.1) is 0 Å². The fourth-order valence-corrected chi connectivity index (χ4v) is 1.97. The molecule has 0 saturated carbocycles. The predicted molar refractivity (Wildman–Crippen MR) is 56.7 cm³/mol. The minimum absolute atomic E-state index is 0.215. The summed E-state index contributed by atoms with van der Waals surface area (Å²) in [5.74, 6) is 0.544. The van der Waals surface area contributed by atoms with Gasteiger partial charge in [0.1, 0.15) is 24.7 Å². The molecule has 2 rings (SSSR count). The Morgan fingerprint density at radius 2 is 1.80 bits per heavy atom. The summed E-state index contributed by atoms with van der Waals surface area (Å²) >= 11 is 0. The lowest BCUT2D eigenvalue weighted by Crippen LogP contribution is -3.10. The molecule has 1 N–H and O–H groups in total. The Morgan fingerprint density at radius 3 is 2.47 bits per heavy atom. The van der Waals surface area contributed by atoms with E-state index in [2.05, 4.69) is 0 Å². The highest BCUT2D eigenvalue weighted by atomic mass is 19.1. The number of likely N-dealkylation sites (tertiary alicyclic amines) is 1. The van der Waals surface area contributed by atoms with Crippen LogP contribution in [0.25, 0.3) is 0 Å². The first-order chi connectivity index (χ1) is 7.34. The second kappa shape index (κ2) is 5.12. The molecular weight excluding hydrogens is 193 g/mol. The summed E-state index contributed by atoms with van der Waals surface area (Å²) in [6.07, 6.45) is 2.68. The van der Waals surface area contributed by atoms with E-state index in [1.807, 2.05) is 0 Å². The van der Waals surface area contributed by atoms with Crippen LogP contribution in [0.1, 0.15) is 12.8 Å². The Bertz CT molecular complexity index is 293. The Morgan fingerprint density at radius 1 is 1.13 bits per heavy atom. The van der Waals surface area contributed by atoms with Gasteiger partial charge in [-0.2, -0.15) is 0 Å². The van der Waals surface area contributed by atoms with E-state index < -0.39 is 0 Å². The first-order valence-electron chi connectivity index (χ1n) is 5.56. The van der Waals surface area contributed by atoms with E-state index in [9.17, 15) is 4.39 Å². The van der Waals surface area contributed by atoms with Crippen LogP contribution in [0.15, 0.2) is 24.3 Å². The quantitative estimate of drug-likeness (QED) is 0.779. The molecule has 0 bridgehead atoms. The van der Waals surface area contributed by atoms with E-state index in [4.69, 9.17) is 4.74 Å². The standard InChI is InChI=1S/C12H16FNO/c13-11-3-5-12(6-4-11)15-10-9-14-7-1-2-8-14/h3-6H,1-2,7-10H2/p+1. The molecule has 0 aliphatic carbocycles. The Labute approximate surface area is 89.7 Å². The minimum atomic E-state index is -0.215. The van der Waals surface area contributed by atoms with Crippen LogP contribution in [-0.4, -0.2) is 26.2 Å². The predicted octanol–water partition coefficient (Wildman–Crippen LogP) is 0.883. The summed E-state index contributed by atoms with van der Waals surface area (Å²) in [6.45, 7) is 4.32. The number of ether oxygens (including phenoxy) is 1. The molecule has 1 aliphatic rings. The van der Waals surface area contributed by atoms with Gasteiger partial charge in [-0.05, 0) is 24.3 Å². The maximum Gasteiger partial charge on any atom is 0.137 e. The van der Waals surface area contributed by atoms with Crippen LogP contribution in [-0.2, 0) is 0 Å². The van der Waals surface area contributed by atoms with Crippen LogP contribution >= 0.6 is 0 Å². The van der Waals surface area contributed by atoms with Crippen molar-refractivity contribution in [3.8, 4) is 5.75 Å². The van der Waals surface area contributed by atoms with Crippen molar-refractivity contribution in [1.82, 2.24) is 0 Å². The Hall–Kier alpha value is -1.09. The van der Waals surface area contributed by atoms with Crippen LogP contribution in [0.5, 0.6) is 5.75 Å². The maximum absolute atomic E-state index is 12.6. The zero-order chi connectivity index (χ0) is 10.5. The van der Waals surface area contributed by atoms with Crippen LogP contribution in [0.3, 0.4) is 0 Å². The third kappa shape index (κ3) is 3.20. The summed E-state index contributed by atoms with van der Waals surface area (Å²) < 4.78 is 18.1. The Kier molecular flexibility index (Phi) is 3.56. The molecular formula is C12H17FNO+. The van der Waals surface area contributed by atoms with Crippen molar-refractivity contribution in [3.05, 3.63) is 30.1 Å². The molecule has 1 aromatic rings. The first-order valence-corrected chi connectivity index (χ1v) is 5.56. The van der Waals surface area contributed by atoms with Crippen molar-refractivity contribution in [2.75, 3.05) is 26.2 Å². The molecule has 1 aliphatic heterocycles. The fourth-order valence-electron chi connectivity index (χ4n) is 1.97. The minimum Gasteiger partial charge on any atom is -0.488 e. The van der Waals surface area contributed by atoms with Crippen LogP contribution in [0.2, 0.25) is 0 Å². The second-order valence-electron chi connectivity index (χ2n) is 4.01. The molecule has 0 aromatic heterocycles. The number of nitrogens with one attached hydrogen (secondary N) is 1. The molecule has 0 unspecified atom stereocenters. The highest BCUT2D eigenvalue weighted by Gasteiger charge is 2.14. The van der Waals surface area contributed by atoms with Crippen molar-refractivity contribution in [1.29, 1.82) is 0 Å². The monoisotopic (exact) mass is 210 g/mol. The number of benzene rings is 1. The van der Waals surface area contributed by atoms with E-state index in [-0.39, 0.29) is 5.82 Å². The summed E-state index contributed by atoms with van der Waals surface area (Å²) in [5.41, 5.74) is 0. The lowest BCUT2D eigenvalue weighted by atomic mass is 10.3. The van der Waals surface area contributed by atoms with Gasteiger partial charge in [-0.25, -0.2) is 4.39 Å². The number of quaternary nitrogens is 1. The van der Waals surface area contributed by atoms with Crippen LogP contribution < -0.4 is 9.64 Å². The molecule has 0 atom stereocenters. The van der Waals surface area contributed by atoms with Crippen molar-refractivity contribution < 1.29 is 14.0 Å². The van der Waals surface area contributed by atoms with Crippen molar-refractivity contribution in [2.24, 2.45) is 0 Å². The number of hydrogen-bond acceptors (Lipinski definition) is 1. The summed E-state index contributed by atoms with van der Waals surface area (Å²) in [4.78, 5) is 1.62. The van der Waals surface area contributed by atoms with E-state index in [1.165, 1.54) is 38.1 Å². The van der Waals surface area contributed by atoms with Gasteiger partial charge in [0, 0.05) is 12.8 Å². The molecule has 82 valence electrons. The molecule has 15 heavy (non-hydrogen) atoms. The van der Waals surface area contributed by atoms with Crippen molar-refractivity contribution >= 4 is 0 Å². The SMILES string of the molecule is Fc1ccc(OCC[NH+]2CCCC2)cc1. The lowest BCUT2D eigenvalue weighted by molar-refractivity contribution is -0.887. The molecule has 1 fully saturated rings. The normalized spacial score (nSPS) is 16.9. The highest BCUT2D eigenvalue weighted by molar-refractivity contribution is 5.21. The number of rotatable bonds is 4. The van der Waals surface area contributed by atoms with E-state index in [0.29, 0.717) is 0 Å². The molecule has 0 spiro atoms. The molecule has 1 saturated heterocycles. The van der Waals surface area contributed by atoms with Gasteiger partial charge in [0.2, 0.25) is 0 Å². The number of halogens is 1. The summed E-state index contributed by atoms with van der Waals surface area (Å²) in [6, 6.07) is 6.21. The summed E-state index contributed by atoms with van der Waals surface area (Å²) in [5, 5.41) is 0. The van der Waals surface area contributed by atoms with E-state index in [0.717, 1.165) is 18.9 Å². The van der Waals surface area contributed by atoms with Crippen molar-refractivity contribution in [2.45, 2.75) is 12.8 Å². The van der Waals surface area contributed by atoms with Crippen molar-refractivity contribution in [3.63, 3.8) is 0 Å². The van der Waals surface area contributed by atoms with E-state index >= 15 is 0 Å². The lowest BCUT2D eigenvalue weighted by Gasteiger charge is -2.12. The average molecular weight is 210 g/mol. The zero-order valence-electron chi connectivity index (χ0n) is 8.84. The first kappa shape index (κ1) is 10.4. The van der Waals surface area contributed by atoms with Crippen LogP contribution in [0.4, 0.5) is 4.39 Å². The Balaban J connectivity index is 1.71. The second-order valence-corrected chi connectivity index (χ2v) is 4.01. The average Bonchev–Trinajstić information content (AvgIpc) is 2.74.